The van der Waals surface area contributed by atoms with Gasteiger partial charge in [-0.3, -0.25) is 4.99 Å². The topological polar surface area (TPSA) is 91.0 Å². The van der Waals surface area contributed by atoms with Gasteiger partial charge in [0.05, 0.1) is 25.1 Å². The lowest BCUT2D eigenvalue weighted by molar-refractivity contribution is -0.0298. The Balaban J connectivity index is 1.90. The summed E-state index contributed by atoms with van der Waals surface area (Å²) in [5.74, 6) is -0.223. The number of methoxy groups -OCH3 is 1. The van der Waals surface area contributed by atoms with Crippen molar-refractivity contribution in [1.29, 1.82) is 0 Å². The normalized spacial score (nSPS) is 29.0. The van der Waals surface area contributed by atoms with Crippen LogP contribution in [0.3, 0.4) is 0 Å². The maximum atomic E-state index is 15.1. The number of rotatable bonds is 3. The van der Waals surface area contributed by atoms with Crippen molar-refractivity contribution in [2.75, 3.05) is 13.7 Å². The van der Waals surface area contributed by atoms with Gasteiger partial charge in [0.1, 0.15) is 27.7 Å². The number of aryl methyl sites for hydroxylation is 1. The number of sulfone groups is 1. The minimum absolute atomic E-state index is 0.0524. The number of hydrogen-bond acceptors (Lipinski definition) is 6. The van der Waals surface area contributed by atoms with Gasteiger partial charge >= 0.3 is 0 Å². The van der Waals surface area contributed by atoms with E-state index in [0.717, 1.165) is 11.1 Å². The van der Waals surface area contributed by atoms with Gasteiger partial charge in [0.2, 0.25) is 0 Å². The molecule has 166 valence electrons. The fourth-order valence-corrected chi connectivity index (χ4v) is 6.64. The molecule has 2 aromatic carbocycles. The van der Waals surface area contributed by atoms with Crippen molar-refractivity contribution >= 4 is 15.7 Å². The Kier molecular flexibility index (Phi) is 5.13. The molecular formula is C23H27FN2O4S. The van der Waals surface area contributed by atoms with Gasteiger partial charge in [0, 0.05) is 5.56 Å². The zero-order valence-electron chi connectivity index (χ0n) is 18.1. The van der Waals surface area contributed by atoms with E-state index in [1.54, 1.807) is 13.8 Å². The van der Waals surface area contributed by atoms with E-state index >= 15 is 4.39 Å². The molecule has 0 unspecified atom stereocenters. The Morgan fingerprint density at radius 1 is 1.19 bits per heavy atom. The van der Waals surface area contributed by atoms with Gasteiger partial charge in [0.15, 0.2) is 9.84 Å². The highest BCUT2D eigenvalue weighted by Crippen LogP contribution is 2.50. The van der Waals surface area contributed by atoms with E-state index < -0.39 is 37.3 Å². The first kappa shape index (κ1) is 21.8. The highest BCUT2D eigenvalue weighted by Gasteiger charge is 2.61. The first-order valence-corrected chi connectivity index (χ1v) is 11.7. The minimum atomic E-state index is -3.85. The molecule has 8 heteroatoms. The number of hydrogen-bond donors (Lipinski definition) is 1. The summed E-state index contributed by atoms with van der Waals surface area (Å²) < 4.78 is 52.7. The minimum Gasteiger partial charge on any atom is -0.497 e. The SMILES string of the molecule is COc1ccc(F)c([C@]23CO[C@@H](c4ccc(C)cc4)C[C@H]2S(=O)(=O)C(C)(C)C(N)=N3)c1. The Labute approximate surface area is 182 Å². The van der Waals surface area contributed by atoms with Crippen LogP contribution >= 0.6 is 0 Å². The number of fused-ring (bicyclic) bond motifs is 1. The summed E-state index contributed by atoms with van der Waals surface area (Å²) in [6, 6.07) is 12.0. The monoisotopic (exact) mass is 446 g/mol. The average Bonchev–Trinajstić information content (AvgIpc) is 2.73. The van der Waals surface area contributed by atoms with Crippen LogP contribution in [0.15, 0.2) is 47.5 Å². The maximum Gasteiger partial charge on any atom is 0.168 e. The lowest BCUT2D eigenvalue weighted by Gasteiger charge is -2.49. The first-order valence-electron chi connectivity index (χ1n) is 10.1. The number of amidine groups is 1. The maximum absolute atomic E-state index is 15.1. The standard InChI is InChI=1S/C23H27FN2O4S/c1-14-5-7-15(8-6-14)19-12-20-23(13-30-19,17-11-16(29-4)9-10-18(17)24)26-21(25)22(2,3)31(20,27)28/h5-11,19-20H,12-13H2,1-4H3,(H2,25,26)/t19-,20-,23-/m1/s1. The quantitative estimate of drug-likeness (QED) is 0.780. The smallest absolute Gasteiger partial charge is 0.168 e. The molecular weight excluding hydrogens is 419 g/mol. The van der Waals surface area contributed by atoms with Crippen LogP contribution < -0.4 is 10.5 Å². The third-order valence-electron chi connectivity index (χ3n) is 6.58. The highest BCUT2D eigenvalue weighted by molar-refractivity contribution is 7.94. The van der Waals surface area contributed by atoms with Crippen LogP contribution in [0.25, 0.3) is 0 Å². The molecule has 2 N–H and O–H groups in total. The van der Waals surface area contributed by atoms with Crippen molar-refractivity contribution in [1.82, 2.24) is 0 Å². The van der Waals surface area contributed by atoms with Gasteiger partial charge in [-0.05, 0) is 51.0 Å². The lowest BCUT2D eigenvalue weighted by atomic mass is 9.81. The van der Waals surface area contributed by atoms with Crippen molar-refractivity contribution in [3.63, 3.8) is 0 Å². The molecule has 1 fully saturated rings. The van der Waals surface area contributed by atoms with E-state index in [9.17, 15) is 8.42 Å². The van der Waals surface area contributed by atoms with Crippen molar-refractivity contribution < 1.29 is 22.3 Å². The number of ether oxygens (including phenoxy) is 2. The van der Waals surface area contributed by atoms with E-state index in [1.807, 2.05) is 31.2 Å². The predicted octanol–water partition coefficient (Wildman–Crippen LogP) is 3.43. The number of halogens is 1. The van der Waals surface area contributed by atoms with Gasteiger partial charge < -0.3 is 15.2 Å². The summed E-state index contributed by atoms with van der Waals surface area (Å²) in [4.78, 5) is 4.63. The summed E-state index contributed by atoms with van der Waals surface area (Å²) in [6.45, 7) is 4.96. The number of nitrogens with zero attached hydrogens (tertiary/aromatic N) is 1. The van der Waals surface area contributed by atoms with E-state index in [-0.39, 0.29) is 24.4 Å². The molecule has 3 atom stereocenters. The molecule has 4 rings (SSSR count). The van der Waals surface area contributed by atoms with Crippen LogP contribution in [0.1, 0.15) is 43.1 Å². The number of aliphatic imine (C=N–C) groups is 1. The van der Waals surface area contributed by atoms with Crippen LogP contribution in [-0.2, 0) is 20.1 Å². The Bertz CT molecular complexity index is 1140. The molecule has 2 aliphatic rings. The van der Waals surface area contributed by atoms with Crippen molar-refractivity contribution in [3.05, 3.63) is 65.0 Å². The largest absolute Gasteiger partial charge is 0.497 e. The molecule has 0 spiro atoms. The summed E-state index contributed by atoms with van der Waals surface area (Å²) >= 11 is 0. The molecule has 0 aliphatic carbocycles. The summed E-state index contributed by atoms with van der Waals surface area (Å²) in [5, 5.41) is -1.01. The van der Waals surface area contributed by atoms with Gasteiger partial charge in [0.25, 0.3) is 0 Å². The molecule has 6 nitrogen and oxygen atoms in total. The van der Waals surface area contributed by atoms with Crippen LogP contribution in [0.5, 0.6) is 5.75 Å². The fourth-order valence-electron chi connectivity index (χ4n) is 4.40. The Morgan fingerprint density at radius 2 is 1.87 bits per heavy atom. The van der Waals surface area contributed by atoms with Crippen LogP contribution in [0.2, 0.25) is 0 Å². The molecule has 0 amide bonds. The van der Waals surface area contributed by atoms with Crippen LogP contribution in [-0.4, -0.2) is 38.0 Å². The van der Waals surface area contributed by atoms with E-state index in [1.165, 1.54) is 25.3 Å². The molecule has 2 heterocycles. The summed E-state index contributed by atoms with van der Waals surface area (Å²) in [7, 11) is -2.38. The summed E-state index contributed by atoms with van der Waals surface area (Å²) in [5.41, 5.74) is 6.76. The second kappa shape index (κ2) is 7.31. The molecule has 2 aliphatic heterocycles. The predicted molar refractivity (Wildman–Crippen MR) is 118 cm³/mol. The highest BCUT2D eigenvalue weighted by atomic mass is 32.2. The van der Waals surface area contributed by atoms with Crippen LogP contribution in [0, 0.1) is 12.7 Å². The van der Waals surface area contributed by atoms with Crippen molar-refractivity contribution in [2.45, 2.75) is 48.8 Å². The molecule has 0 aromatic heterocycles. The van der Waals surface area contributed by atoms with E-state index in [0.29, 0.717) is 5.75 Å². The van der Waals surface area contributed by atoms with Crippen molar-refractivity contribution in [3.8, 4) is 5.75 Å². The van der Waals surface area contributed by atoms with Gasteiger partial charge in [-0.2, -0.15) is 0 Å². The molecule has 0 bridgehead atoms. The van der Waals surface area contributed by atoms with Crippen molar-refractivity contribution in [2.24, 2.45) is 10.7 Å². The third kappa shape index (κ3) is 3.24. The molecule has 0 saturated carbocycles. The lowest BCUT2D eigenvalue weighted by Crippen LogP contribution is -2.64. The molecule has 0 radical (unpaired) electrons. The molecule has 2 aromatic rings. The average molecular weight is 447 g/mol. The fraction of sp³-hybridized carbons (Fsp3) is 0.435. The Hall–Kier alpha value is -2.45. The molecule has 31 heavy (non-hydrogen) atoms. The zero-order chi connectivity index (χ0) is 22.6. The Morgan fingerprint density at radius 3 is 2.52 bits per heavy atom. The number of nitrogens with two attached hydrogens (primary N) is 1. The molecule has 1 saturated heterocycles. The van der Waals surface area contributed by atoms with Gasteiger partial charge in [-0.25, -0.2) is 12.8 Å². The van der Waals surface area contributed by atoms with Crippen LogP contribution in [0.4, 0.5) is 4.39 Å². The number of benzene rings is 2. The first-order chi connectivity index (χ1) is 14.5. The summed E-state index contributed by atoms with van der Waals surface area (Å²) in [6.07, 6.45) is -0.310. The second-order valence-electron chi connectivity index (χ2n) is 8.76. The third-order valence-corrected chi connectivity index (χ3v) is 9.54. The second-order valence-corrected chi connectivity index (χ2v) is 11.4. The van der Waals surface area contributed by atoms with Gasteiger partial charge in [-0.15, -0.1) is 0 Å². The van der Waals surface area contributed by atoms with E-state index in [2.05, 4.69) is 4.99 Å². The zero-order valence-corrected chi connectivity index (χ0v) is 18.9. The van der Waals surface area contributed by atoms with Gasteiger partial charge in [-0.1, -0.05) is 29.8 Å². The van der Waals surface area contributed by atoms with E-state index in [4.69, 9.17) is 15.2 Å².